The molecule has 0 bridgehead atoms. The van der Waals surface area contributed by atoms with Crippen molar-refractivity contribution in [3.63, 3.8) is 0 Å². The number of aliphatic hydroxyl groups is 5. The first-order valence-corrected chi connectivity index (χ1v) is 7.66. The fourth-order valence-corrected chi connectivity index (χ4v) is 2.66. The van der Waals surface area contributed by atoms with E-state index in [4.69, 9.17) is 14.2 Å². The number of rotatable bonds is 5. The minimum Gasteiger partial charge on any atom is -0.542 e. The Labute approximate surface area is 175 Å². The Morgan fingerprint density at radius 2 is 1.89 bits per heavy atom. The van der Waals surface area contributed by atoms with Crippen LogP contribution in [-0.4, -0.2) is 93.2 Å². The van der Waals surface area contributed by atoms with Gasteiger partial charge in [-0.3, -0.25) is 4.79 Å². The summed E-state index contributed by atoms with van der Waals surface area (Å²) in [7, 11) is 0. The molecule has 1 amide bonds. The number of hydrogen-bond donors (Lipinski definition) is 6. The maximum atomic E-state index is 11.3. The summed E-state index contributed by atoms with van der Waals surface area (Å²) < 4.78 is 15.2. The number of hydrogen-bond acceptors (Lipinski definition) is 11. The van der Waals surface area contributed by atoms with E-state index in [1.54, 1.807) is 0 Å². The van der Waals surface area contributed by atoms with Crippen molar-refractivity contribution >= 4 is 11.9 Å². The van der Waals surface area contributed by atoms with Gasteiger partial charge in [0.2, 0.25) is 12.2 Å². The number of ether oxygens (including phenoxy) is 3. The van der Waals surface area contributed by atoms with E-state index < -0.39 is 73.4 Å². The zero-order chi connectivity index (χ0) is 19.6. The predicted molar refractivity (Wildman–Crippen MR) is 76.4 cm³/mol. The molecule has 2 aliphatic rings. The standard InChI is InChI=1S/C14H21NO11.Na/c1-4(17)15-8-11(10(20)7(3-16)24-13(8)23)26-14-9(19)5(18)2-6(25-14)12(21)22;/h2,5,7-11,13-14,16,18-20,23H,3H2,1H3,(H,15,17)(H,21,22);/q;+1/p-1/t5-,7?,8?,9?,10+,11+,13?,14+;/m1./s1. The number of carbonyl (C=O) groups is 2. The van der Waals surface area contributed by atoms with Gasteiger partial charge in [0, 0.05) is 6.92 Å². The molecule has 8 atom stereocenters. The van der Waals surface area contributed by atoms with Crippen LogP contribution in [0.15, 0.2) is 11.8 Å². The van der Waals surface area contributed by atoms with Crippen molar-refractivity contribution in [3.05, 3.63) is 11.8 Å². The van der Waals surface area contributed by atoms with Crippen molar-refractivity contribution in [1.82, 2.24) is 5.32 Å². The van der Waals surface area contributed by atoms with Crippen molar-refractivity contribution in [3.8, 4) is 0 Å². The third kappa shape index (κ3) is 5.60. The van der Waals surface area contributed by atoms with Crippen molar-refractivity contribution < 1.29 is 84.0 Å². The smallest absolute Gasteiger partial charge is 0.542 e. The summed E-state index contributed by atoms with van der Waals surface area (Å²) in [5, 5.41) is 62.3. The number of aliphatic hydroxyl groups excluding tert-OH is 5. The normalized spacial score (nSPS) is 38.8. The first-order valence-electron chi connectivity index (χ1n) is 7.66. The van der Waals surface area contributed by atoms with Gasteiger partial charge >= 0.3 is 29.6 Å². The Bertz CT molecular complexity index is 573. The molecule has 148 valence electrons. The third-order valence-corrected chi connectivity index (χ3v) is 3.93. The minimum atomic E-state index is -1.77. The molecule has 2 rings (SSSR count). The Hall–Kier alpha value is -0.800. The molecule has 0 aromatic rings. The summed E-state index contributed by atoms with van der Waals surface area (Å²) in [4.78, 5) is 22.2. The van der Waals surface area contributed by atoms with Gasteiger partial charge in [-0.1, -0.05) is 0 Å². The van der Waals surface area contributed by atoms with Crippen LogP contribution in [0, 0.1) is 0 Å². The van der Waals surface area contributed by atoms with Gasteiger partial charge in [0.05, 0.1) is 6.61 Å². The second-order valence-electron chi connectivity index (χ2n) is 5.85. The molecule has 0 aromatic carbocycles. The Morgan fingerprint density at radius 3 is 2.41 bits per heavy atom. The SMILES string of the molecule is CC(=O)NC1C(O)OC(CO)[C@H](O)[C@H]1O[C@@H]1OC(C(=O)[O-])=C[C@@H](O)C1O.[Na+]. The van der Waals surface area contributed by atoms with Gasteiger partial charge in [0.25, 0.3) is 0 Å². The molecule has 27 heavy (non-hydrogen) atoms. The molecule has 0 aliphatic carbocycles. The monoisotopic (exact) mass is 401 g/mol. The number of amides is 1. The van der Waals surface area contributed by atoms with Gasteiger partial charge in [0.15, 0.2) is 6.29 Å². The van der Waals surface area contributed by atoms with Crippen LogP contribution < -0.4 is 40.0 Å². The van der Waals surface area contributed by atoms with Crippen LogP contribution in [0.5, 0.6) is 0 Å². The summed E-state index contributed by atoms with van der Waals surface area (Å²) in [6, 6.07) is -1.34. The molecule has 12 nitrogen and oxygen atoms in total. The van der Waals surface area contributed by atoms with E-state index in [1.807, 2.05) is 0 Å². The Kier molecular flexibility index (Phi) is 9.08. The van der Waals surface area contributed by atoms with E-state index in [-0.39, 0.29) is 29.6 Å². The molecule has 0 spiro atoms. The molecule has 0 aromatic heterocycles. The predicted octanol–water partition coefficient (Wildman–Crippen LogP) is -8.34. The van der Waals surface area contributed by atoms with Crippen LogP contribution in [0.1, 0.15) is 6.92 Å². The van der Waals surface area contributed by atoms with Gasteiger partial charge < -0.3 is 55.0 Å². The van der Waals surface area contributed by atoms with E-state index in [0.29, 0.717) is 6.08 Å². The zero-order valence-electron chi connectivity index (χ0n) is 14.6. The van der Waals surface area contributed by atoms with Gasteiger partial charge in [-0.15, -0.1) is 0 Å². The Balaban J connectivity index is 0.00000364. The molecular formula is C14H20NNaO11. The number of carboxylic acid groups (broad SMARTS) is 1. The van der Waals surface area contributed by atoms with E-state index in [2.05, 4.69) is 5.32 Å². The molecule has 6 N–H and O–H groups in total. The van der Waals surface area contributed by atoms with E-state index in [9.17, 15) is 40.2 Å². The van der Waals surface area contributed by atoms with Crippen molar-refractivity contribution in [2.75, 3.05) is 6.61 Å². The third-order valence-electron chi connectivity index (χ3n) is 3.93. The fraction of sp³-hybridized carbons (Fsp3) is 0.714. The summed E-state index contributed by atoms with van der Waals surface area (Å²) in [5.74, 6) is -3.19. The molecule has 0 saturated carbocycles. The van der Waals surface area contributed by atoms with Crippen LogP contribution >= 0.6 is 0 Å². The molecule has 2 aliphatic heterocycles. The molecule has 0 radical (unpaired) electrons. The number of aliphatic carboxylic acids is 1. The van der Waals surface area contributed by atoms with Crippen LogP contribution in [0.4, 0.5) is 0 Å². The van der Waals surface area contributed by atoms with Crippen LogP contribution in [0.25, 0.3) is 0 Å². The average Bonchev–Trinajstić information content (AvgIpc) is 2.56. The van der Waals surface area contributed by atoms with Gasteiger partial charge in [-0.25, -0.2) is 0 Å². The summed E-state index contributed by atoms with van der Waals surface area (Å²) >= 11 is 0. The van der Waals surface area contributed by atoms with Gasteiger partial charge in [-0.05, 0) is 6.08 Å². The van der Waals surface area contributed by atoms with Crippen LogP contribution in [0.3, 0.4) is 0 Å². The number of carboxylic acids is 1. The fourth-order valence-electron chi connectivity index (χ4n) is 2.66. The molecule has 4 unspecified atom stereocenters. The average molecular weight is 401 g/mol. The summed E-state index contributed by atoms with van der Waals surface area (Å²) in [5.41, 5.74) is 0. The second kappa shape index (κ2) is 10.1. The maximum Gasteiger partial charge on any atom is 1.00 e. The first-order chi connectivity index (χ1) is 12.1. The molecule has 1 saturated heterocycles. The largest absolute Gasteiger partial charge is 1.00 e. The molecule has 1 fully saturated rings. The first kappa shape index (κ1) is 24.2. The number of carbonyl (C=O) groups excluding carboxylic acids is 2. The van der Waals surface area contributed by atoms with E-state index in [0.717, 1.165) is 6.92 Å². The van der Waals surface area contributed by atoms with Gasteiger partial charge in [0.1, 0.15) is 48.3 Å². The van der Waals surface area contributed by atoms with E-state index in [1.165, 1.54) is 0 Å². The van der Waals surface area contributed by atoms with Crippen LogP contribution in [-0.2, 0) is 23.8 Å². The van der Waals surface area contributed by atoms with Gasteiger partial charge in [-0.2, -0.15) is 0 Å². The summed E-state index contributed by atoms with van der Waals surface area (Å²) in [6.45, 7) is 0.423. The topological polar surface area (TPSA) is 198 Å². The zero-order valence-corrected chi connectivity index (χ0v) is 16.6. The van der Waals surface area contributed by atoms with Crippen LogP contribution in [0.2, 0.25) is 0 Å². The summed E-state index contributed by atoms with van der Waals surface area (Å²) in [6.07, 6.45) is -10.5. The van der Waals surface area contributed by atoms with E-state index >= 15 is 0 Å². The second-order valence-corrected chi connectivity index (χ2v) is 5.85. The molecule has 2 heterocycles. The minimum absolute atomic E-state index is 0. The molecular weight excluding hydrogens is 381 g/mol. The Morgan fingerprint density at radius 1 is 1.26 bits per heavy atom. The van der Waals surface area contributed by atoms with Crippen molar-refractivity contribution in [2.45, 2.75) is 56.1 Å². The molecule has 13 heteroatoms. The van der Waals surface area contributed by atoms with Crippen molar-refractivity contribution in [2.24, 2.45) is 0 Å². The quantitative estimate of drug-likeness (QED) is 0.239. The van der Waals surface area contributed by atoms with Crippen molar-refractivity contribution in [1.29, 1.82) is 0 Å². The maximum absolute atomic E-state index is 11.3. The number of nitrogens with one attached hydrogen (secondary N) is 1.